The lowest BCUT2D eigenvalue weighted by atomic mass is 10.0. The molecule has 1 N–H and O–H groups in total. The Bertz CT molecular complexity index is 410. The maximum absolute atomic E-state index is 3.67. The smallest absolute Gasteiger partial charge is 0.0442 e. The van der Waals surface area contributed by atoms with Crippen LogP contribution in [0.15, 0.2) is 18.2 Å². The zero-order chi connectivity index (χ0) is 13.2. The Balaban J connectivity index is 2.35. The van der Waals surface area contributed by atoms with Gasteiger partial charge in [0.25, 0.3) is 0 Å². The maximum Gasteiger partial charge on any atom is 0.0442 e. The van der Waals surface area contributed by atoms with Crippen molar-refractivity contribution in [2.45, 2.75) is 52.6 Å². The second-order valence-corrected chi connectivity index (χ2v) is 6.10. The van der Waals surface area contributed by atoms with Crippen LogP contribution in [0.4, 0.5) is 5.69 Å². The number of benzene rings is 1. The first-order valence-electron chi connectivity index (χ1n) is 7.12. The van der Waals surface area contributed by atoms with E-state index in [2.05, 4.69) is 56.1 Å². The maximum atomic E-state index is 3.67. The van der Waals surface area contributed by atoms with Gasteiger partial charge >= 0.3 is 0 Å². The van der Waals surface area contributed by atoms with Crippen LogP contribution >= 0.6 is 0 Å². The minimum Gasteiger partial charge on any atom is -0.369 e. The Labute approximate surface area is 111 Å². The van der Waals surface area contributed by atoms with E-state index in [0.717, 1.165) is 13.1 Å². The Morgan fingerprint density at radius 1 is 1.33 bits per heavy atom. The average Bonchev–Trinajstić information content (AvgIpc) is 2.44. The van der Waals surface area contributed by atoms with E-state index >= 15 is 0 Å². The standard InChI is InChI=1S/C16H26N2/c1-5-6-10-18-12-16(3,4)17-11-14-9-7-8-13(2)15(14)18/h7-9,17H,5-6,10-12H2,1-4H3. The van der Waals surface area contributed by atoms with Crippen molar-refractivity contribution in [3.8, 4) is 0 Å². The molecule has 0 aromatic heterocycles. The van der Waals surface area contributed by atoms with Crippen molar-refractivity contribution in [2.24, 2.45) is 0 Å². The van der Waals surface area contributed by atoms with E-state index in [0.29, 0.717) is 0 Å². The van der Waals surface area contributed by atoms with Gasteiger partial charge in [-0.05, 0) is 38.3 Å². The molecule has 1 aromatic carbocycles. The Morgan fingerprint density at radius 3 is 2.83 bits per heavy atom. The molecule has 100 valence electrons. The van der Waals surface area contributed by atoms with E-state index < -0.39 is 0 Å². The summed E-state index contributed by atoms with van der Waals surface area (Å²) in [4.78, 5) is 2.58. The third kappa shape index (κ3) is 2.86. The number of hydrogen-bond acceptors (Lipinski definition) is 2. The number of fused-ring (bicyclic) bond motifs is 1. The number of para-hydroxylation sites is 1. The van der Waals surface area contributed by atoms with Crippen LogP contribution in [-0.2, 0) is 6.54 Å². The minimum atomic E-state index is 0.180. The summed E-state index contributed by atoms with van der Waals surface area (Å²) in [6.45, 7) is 12.3. The number of nitrogens with one attached hydrogen (secondary N) is 1. The molecule has 1 aliphatic heterocycles. The van der Waals surface area contributed by atoms with E-state index in [1.165, 1.54) is 36.2 Å². The summed E-state index contributed by atoms with van der Waals surface area (Å²) in [6.07, 6.45) is 2.52. The fourth-order valence-corrected chi connectivity index (χ4v) is 2.80. The lowest BCUT2D eigenvalue weighted by Gasteiger charge is -2.32. The molecular weight excluding hydrogens is 220 g/mol. The Kier molecular flexibility index (Phi) is 3.96. The highest BCUT2D eigenvalue weighted by atomic mass is 15.2. The van der Waals surface area contributed by atoms with Crippen molar-refractivity contribution in [3.63, 3.8) is 0 Å². The molecule has 1 aromatic rings. The van der Waals surface area contributed by atoms with Gasteiger partial charge in [0.15, 0.2) is 0 Å². The van der Waals surface area contributed by atoms with E-state index in [1.807, 2.05) is 0 Å². The Morgan fingerprint density at radius 2 is 2.11 bits per heavy atom. The van der Waals surface area contributed by atoms with Gasteiger partial charge in [0.2, 0.25) is 0 Å². The van der Waals surface area contributed by atoms with Gasteiger partial charge in [0.05, 0.1) is 0 Å². The highest BCUT2D eigenvalue weighted by Gasteiger charge is 2.27. The van der Waals surface area contributed by atoms with Crippen molar-refractivity contribution in [1.82, 2.24) is 5.32 Å². The molecule has 2 rings (SSSR count). The second-order valence-electron chi connectivity index (χ2n) is 6.10. The number of hydrogen-bond donors (Lipinski definition) is 1. The third-order valence-corrected chi connectivity index (χ3v) is 3.76. The van der Waals surface area contributed by atoms with Crippen LogP contribution < -0.4 is 10.2 Å². The third-order valence-electron chi connectivity index (χ3n) is 3.76. The zero-order valence-electron chi connectivity index (χ0n) is 12.2. The molecule has 0 saturated carbocycles. The van der Waals surface area contributed by atoms with Crippen LogP contribution in [0.1, 0.15) is 44.7 Å². The summed E-state index contributed by atoms with van der Waals surface area (Å²) in [5, 5.41) is 3.67. The summed E-state index contributed by atoms with van der Waals surface area (Å²) in [7, 11) is 0. The summed E-state index contributed by atoms with van der Waals surface area (Å²) in [5.74, 6) is 0. The van der Waals surface area contributed by atoms with Gasteiger partial charge in [0, 0.05) is 30.9 Å². The number of rotatable bonds is 3. The molecule has 0 aliphatic carbocycles. The van der Waals surface area contributed by atoms with Crippen LogP contribution in [0.2, 0.25) is 0 Å². The van der Waals surface area contributed by atoms with E-state index in [-0.39, 0.29) is 5.54 Å². The molecule has 2 heteroatoms. The van der Waals surface area contributed by atoms with Gasteiger partial charge in [-0.1, -0.05) is 31.5 Å². The molecular formula is C16H26N2. The second kappa shape index (κ2) is 5.31. The predicted molar refractivity (Wildman–Crippen MR) is 79.2 cm³/mol. The molecule has 0 unspecified atom stereocenters. The summed E-state index contributed by atoms with van der Waals surface area (Å²) in [6, 6.07) is 6.66. The first kappa shape index (κ1) is 13.4. The number of aryl methyl sites for hydroxylation is 1. The molecule has 18 heavy (non-hydrogen) atoms. The van der Waals surface area contributed by atoms with Crippen LogP contribution in [0.3, 0.4) is 0 Å². The molecule has 2 nitrogen and oxygen atoms in total. The number of nitrogens with zero attached hydrogens (tertiary/aromatic N) is 1. The van der Waals surface area contributed by atoms with Gasteiger partial charge in [-0.15, -0.1) is 0 Å². The fraction of sp³-hybridized carbons (Fsp3) is 0.625. The summed E-state index contributed by atoms with van der Waals surface area (Å²) in [5.41, 5.74) is 4.49. The van der Waals surface area contributed by atoms with E-state index in [9.17, 15) is 0 Å². The summed E-state index contributed by atoms with van der Waals surface area (Å²) >= 11 is 0. The summed E-state index contributed by atoms with van der Waals surface area (Å²) < 4.78 is 0. The van der Waals surface area contributed by atoms with E-state index in [1.54, 1.807) is 0 Å². The van der Waals surface area contributed by atoms with Crippen LogP contribution in [0, 0.1) is 6.92 Å². The van der Waals surface area contributed by atoms with Crippen molar-refractivity contribution >= 4 is 5.69 Å². The Hall–Kier alpha value is -1.02. The quantitative estimate of drug-likeness (QED) is 0.878. The molecule has 1 heterocycles. The number of unbranched alkanes of at least 4 members (excludes halogenated alkanes) is 1. The molecule has 0 saturated heterocycles. The predicted octanol–water partition coefficient (Wildman–Crippen LogP) is 3.48. The van der Waals surface area contributed by atoms with Crippen LogP contribution in [-0.4, -0.2) is 18.6 Å². The molecule has 0 fully saturated rings. The first-order valence-corrected chi connectivity index (χ1v) is 7.12. The average molecular weight is 246 g/mol. The lowest BCUT2D eigenvalue weighted by Crippen LogP contribution is -2.47. The van der Waals surface area contributed by atoms with Crippen LogP contribution in [0.25, 0.3) is 0 Å². The van der Waals surface area contributed by atoms with E-state index in [4.69, 9.17) is 0 Å². The van der Waals surface area contributed by atoms with Gasteiger partial charge in [-0.3, -0.25) is 0 Å². The minimum absolute atomic E-state index is 0.180. The first-order chi connectivity index (χ1) is 8.53. The van der Waals surface area contributed by atoms with Gasteiger partial charge in [-0.2, -0.15) is 0 Å². The van der Waals surface area contributed by atoms with Gasteiger partial charge in [0.1, 0.15) is 0 Å². The molecule has 0 amide bonds. The normalized spacial score (nSPS) is 18.3. The van der Waals surface area contributed by atoms with Gasteiger partial charge in [-0.25, -0.2) is 0 Å². The van der Waals surface area contributed by atoms with Crippen molar-refractivity contribution in [1.29, 1.82) is 0 Å². The molecule has 0 atom stereocenters. The van der Waals surface area contributed by atoms with Crippen molar-refractivity contribution in [3.05, 3.63) is 29.3 Å². The number of anilines is 1. The topological polar surface area (TPSA) is 15.3 Å². The van der Waals surface area contributed by atoms with Crippen molar-refractivity contribution in [2.75, 3.05) is 18.0 Å². The monoisotopic (exact) mass is 246 g/mol. The largest absolute Gasteiger partial charge is 0.369 e. The molecule has 0 bridgehead atoms. The fourth-order valence-electron chi connectivity index (χ4n) is 2.80. The molecule has 0 radical (unpaired) electrons. The van der Waals surface area contributed by atoms with Crippen molar-refractivity contribution < 1.29 is 0 Å². The van der Waals surface area contributed by atoms with Crippen LogP contribution in [0.5, 0.6) is 0 Å². The molecule has 1 aliphatic rings. The highest BCUT2D eigenvalue weighted by Crippen LogP contribution is 2.30. The lowest BCUT2D eigenvalue weighted by molar-refractivity contribution is 0.394. The zero-order valence-corrected chi connectivity index (χ0v) is 12.2. The highest BCUT2D eigenvalue weighted by molar-refractivity contribution is 5.60. The van der Waals surface area contributed by atoms with Gasteiger partial charge < -0.3 is 10.2 Å². The molecule has 0 spiro atoms. The SMILES string of the molecule is CCCCN1CC(C)(C)NCc2cccc(C)c21.